The van der Waals surface area contributed by atoms with Gasteiger partial charge in [-0.3, -0.25) is 9.69 Å². The van der Waals surface area contributed by atoms with Gasteiger partial charge in [0.25, 0.3) is 0 Å². The number of hydrogen-bond donors (Lipinski definition) is 1. The molecular weight excluding hydrogens is 529 g/mol. The number of allylic oxidation sites excluding steroid dienone is 3. The van der Waals surface area contributed by atoms with E-state index in [1.807, 2.05) is 30.0 Å². The van der Waals surface area contributed by atoms with E-state index in [1.165, 1.54) is 12.1 Å². The molecule has 2 N–H and O–H groups in total. The molecule has 3 aromatic carbocycles. The van der Waals surface area contributed by atoms with Crippen LogP contribution in [0.4, 0.5) is 10.1 Å². The van der Waals surface area contributed by atoms with Gasteiger partial charge < -0.3 is 5.73 Å². The number of nitrogens with zero attached hydrogens (tertiary/aromatic N) is 2. The smallest absolute Gasteiger partial charge is 0.162 e. The zero-order valence-electron chi connectivity index (χ0n) is 24.3. The first-order chi connectivity index (χ1) is 19.5. The van der Waals surface area contributed by atoms with E-state index in [9.17, 15) is 14.4 Å². The van der Waals surface area contributed by atoms with Gasteiger partial charge in [-0.05, 0) is 84.7 Å². The lowest BCUT2D eigenvalue weighted by atomic mass is 9.67. The number of rotatable bonds is 6. The van der Waals surface area contributed by atoms with Gasteiger partial charge in [0.05, 0.1) is 23.2 Å². The molecule has 0 fully saturated rings. The molecule has 0 saturated carbocycles. The van der Waals surface area contributed by atoms with Crippen molar-refractivity contribution in [2.24, 2.45) is 11.1 Å². The number of hydrogen-bond acceptors (Lipinski definition) is 5. The third-order valence-electron chi connectivity index (χ3n) is 8.21. The van der Waals surface area contributed by atoms with Crippen molar-refractivity contribution in [1.82, 2.24) is 0 Å². The normalized spacial score (nSPS) is 18.4. The average molecular weight is 566 g/mol. The fraction of sp³-hybridized carbons (Fsp3) is 0.314. The molecule has 0 radical (unpaired) electrons. The minimum atomic E-state index is -0.530. The molecule has 0 aromatic heterocycles. The second-order valence-corrected chi connectivity index (χ2v) is 12.9. The Morgan fingerprint density at radius 3 is 2.46 bits per heavy atom. The molecule has 3 aromatic rings. The molecule has 210 valence electrons. The number of nitriles is 1. The number of thioether (sulfide) groups is 1. The van der Waals surface area contributed by atoms with Gasteiger partial charge in [0.2, 0.25) is 0 Å². The zero-order chi connectivity index (χ0) is 29.5. The van der Waals surface area contributed by atoms with Gasteiger partial charge in [-0.25, -0.2) is 4.39 Å². The van der Waals surface area contributed by atoms with Crippen LogP contribution in [-0.4, -0.2) is 5.78 Å². The van der Waals surface area contributed by atoms with E-state index in [0.29, 0.717) is 35.6 Å². The van der Waals surface area contributed by atoms with Crippen molar-refractivity contribution in [2.45, 2.75) is 70.4 Å². The van der Waals surface area contributed by atoms with Crippen LogP contribution >= 0.6 is 11.8 Å². The summed E-state index contributed by atoms with van der Waals surface area (Å²) < 4.78 is 13.4. The molecule has 2 aliphatic rings. The molecule has 0 saturated heterocycles. The van der Waals surface area contributed by atoms with Crippen LogP contribution in [0, 0.1) is 36.4 Å². The molecule has 0 bridgehead atoms. The topological polar surface area (TPSA) is 70.1 Å². The summed E-state index contributed by atoms with van der Waals surface area (Å²) in [6, 6.07) is 21.3. The number of benzene rings is 3. The van der Waals surface area contributed by atoms with E-state index in [4.69, 9.17) is 5.73 Å². The maximum absolute atomic E-state index is 14.1. The van der Waals surface area contributed by atoms with Crippen LogP contribution in [0.15, 0.2) is 88.2 Å². The second-order valence-electron chi connectivity index (χ2n) is 11.8. The fourth-order valence-corrected chi connectivity index (χ4v) is 7.18. The minimum Gasteiger partial charge on any atom is -0.384 e. The Labute approximate surface area is 246 Å². The van der Waals surface area contributed by atoms with Gasteiger partial charge in [0.15, 0.2) is 5.78 Å². The first-order valence-electron chi connectivity index (χ1n) is 14.1. The number of aryl methyl sites for hydroxylation is 2. The number of carbonyl (C=O) groups is 1. The Hall–Kier alpha value is -3.82. The lowest BCUT2D eigenvalue weighted by Crippen LogP contribution is -2.42. The van der Waals surface area contributed by atoms with E-state index >= 15 is 0 Å². The molecule has 1 aliphatic carbocycles. The summed E-state index contributed by atoms with van der Waals surface area (Å²) in [5.41, 5.74) is 14.9. The molecule has 1 atom stereocenters. The van der Waals surface area contributed by atoms with Crippen LogP contribution in [0.2, 0.25) is 0 Å². The lowest BCUT2D eigenvalue weighted by Gasteiger charge is -2.44. The van der Waals surface area contributed by atoms with Crippen molar-refractivity contribution in [1.29, 1.82) is 5.26 Å². The van der Waals surface area contributed by atoms with Gasteiger partial charge in [-0.1, -0.05) is 56.7 Å². The predicted octanol–water partition coefficient (Wildman–Crippen LogP) is 8.24. The number of nitrogens with two attached hydrogens (primary N) is 1. The number of ketones is 1. The van der Waals surface area contributed by atoms with Crippen molar-refractivity contribution >= 4 is 23.2 Å². The van der Waals surface area contributed by atoms with E-state index in [2.05, 4.69) is 52.0 Å². The summed E-state index contributed by atoms with van der Waals surface area (Å²) in [6.07, 6.45) is 1.90. The highest BCUT2D eigenvalue weighted by Crippen LogP contribution is 2.51. The lowest BCUT2D eigenvalue weighted by molar-refractivity contribution is -0.118. The Balaban J connectivity index is 1.68. The monoisotopic (exact) mass is 565 g/mol. The first kappa shape index (κ1) is 28.7. The SMILES string of the molecule is CCc1ccccc1N1C(N)=C(C#N)C(c2cc(C)cc(CSc3ccc(F)cc3)c2C)C2=C1CC(C)(C)CC2=O. The largest absolute Gasteiger partial charge is 0.384 e. The zero-order valence-corrected chi connectivity index (χ0v) is 25.2. The third-order valence-corrected chi connectivity index (χ3v) is 9.27. The first-order valence-corrected chi connectivity index (χ1v) is 15.1. The maximum Gasteiger partial charge on any atom is 0.162 e. The van der Waals surface area contributed by atoms with E-state index in [-0.39, 0.29) is 17.0 Å². The van der Waals surface area contributed by atoms with Gasteiger partial charge in [-0.2, -0.15) is 5.26 Å². The molecule has 1 unspecified atom stereocenters. The molecule has 41 heavy (non-hydrogen) atoms. The summed E-state index contributed by atoms with van der Waals surface area (Å²) in [4.78, 5) is 17.0. The molecule has 5 rings (SSSR count). The molecule has 4 nitrogen and oxygen atoms in total. The van der Waals surface area contributed by atoms with Crippen LogP contribution in [0.25, 0.3) is 0 Å². The molecule has 1 heterocycles. The molecule has 6 heteroatoms. The van der Waals surface area contributed by atoms with E-state index in [0.717, 1.165) is 50.5 Å². The summed E-state index contributed by atoms with van der Waals surface area (Å²) in [6.45, 7) is 10.5. The number of carbonyl (C=O) groups excluding carboxylic acids is 1. The van der Waals surface area contributed by atoms with Crippen molar-refractivity contribution in [3.63, 3.8) is 0 Å². The number of anilines is 1. The Bertz CT molecular complexity index is 1630. The van der Waals surface area contributed by atoms with Crippen LogP contribution in [-0.2, 0) is 17.0 Å². The highest BCUT2D eigenvalue weighted by molar-refractivity contribution is 7.98. The number of Topliss-reactive ketones (excluding diaryl/α,β-unsaturated/α-hetero) is 1. The highest BCUT2D eigenvalue weighted by Gasteiger charge is 2.45. The molecule has 1 aliphatic heterocycles. The standard InChI is InChI=1S/C35H36FN3OS/c1-6-23-9-7-8-10-29(23)39-30-17-35(4,5)18-31(40)33(30)32(28(19-37)34(39)38)27-16-21(2)15-24(22(27)3)20-41-26-13-11-25(36)12-14-26/h7-16,32H,6,17-18,20,38H2,1-5H3. The summed E-state index contributed by atoms with van der Waals surface area (Å²) in [5.74, 6) is 0.365. The van der Waals surface area contributed by atoms with Crippen molar-refractivity contribution in [3.05, 3.63) is 117 Å². The maximum atomic E-state index is 14.1. The van der Waals surface area contributed by atoms with E-state index in [1.54, 1.807) is 23.9 Å². The van der Waals surface area contributed by atoms with Crippen LogP contribution in [0.5, 0.6) is 0 Å². The van der Waals surface area contributed by atoms with Gasteiger partial charge in [-0.15, -0.1) is 11.8 Å². The Morgan fingerprint density at radius 1 is 1.07 bits per heavy atom. The second kappa shape index (κ2) is 11.2. The van der Waals surface area contributed by atoms with Crippen molar-refractivity contribution in [3.8, 4) is 6.07 Å². The number of para-hydroxylation sites is 1. The summed E-state index contributed by atoms with van der Waals surface area (Å²) >= 11 is 1.64. The predicted molar refractivity (Wildman–Crippen MR) is 165 cm³/mol. The molecule has 0 spiro atoms. The quantitative estimate of drug-likeness (QED) is 0.305. The minimum absolute atomic E-state index is 0.0728. The van der Waals surface area contributed by atoms with Gasteiger partial charge >= 0.3 is 0 Å². The Kier molecular flexibility index (Phi) is 7.85. The van der Waals surface area contributed by atoms with Gasteiger partial charge in [0.1, 0.15) is 11.6 Å². The van der Waals surface area contributed by atoms with Gasteiger partial charge in [0, 0.05) is 28.3 Å². The average Bonchev–Trinajstić information content (AvgIpc) is 2.93. The van der Waals surface area contributed by atoms with Crippen molar-refractivity contribution in [2.75, 3.05) is 4.90 Å². The number of halogens is 1. The van der Waals surface area contributed by atoms with Crippen molar-refractivity contribution < 1.29 is 9.18 Å². The molecule has 0 amide bonds. The Morgan fingerprint density at radius 2 is 1.78 bits per heavy atom. The van der Waals surface area contributed by atoms with Crippen LogP contribution < -0.4 is 10.6 Å². The third kappa shape index (κ3) is 5.44. The molecular formula is C35H36FN3OS. The fourth-order valence-electron chi connectivity index (χ4n) is 6.23. The van der Waals surface area contributed by atoms with E-state index < -0.39 is 5.92 Å². The summed E-state index contributed by atoms with van der Waals surface area (Å²) in [5, 5.41) is 10.6. The van der Waals surface area contributed by atoms with Crippen LogP contribution in [0.1, 0.15) is 67.3 Å². The highest BCUT2D eigenvalue weighted by atomic mass is 32.2. The van der Waals surface area contributed by atoms with Crippen LogP contribution in [0.3, 0.4) is 0 Å². The summed E-state index contributed by atoms with van der Waals surface area (Å²) in [7, 11) is 0.